The standard InChI is InChI=1S/C14H18BrN3/c1-14(2,3)13-17-11(12(16)18(13)4)9-6-5-7-10(15)8-9/h5-8H,16H2,1-4H3. The fourth-order valence-electron chi connectivity index (χ4n) is 2.03. The minimum absolute atomic E-state index is 0.0207. The predicted octanol–water partition coefficient (Wildman–Crippen LogP) is 3.73. The van der Waals surface area contributed by atoms with Crippen molar-refractivity contribution in [3.05, 3.63) is 34.6 Å². The number of nitrogen functional groups attached to an aromatic ring is 1. The van der Waals surface area contributed by atoms with Gasteiger partial charge in [-0.2, -0.15) is 0 Å². The van der Waals surface area contributed by atoms with Gasteiger partial charge in [0.1, 0.15) is 17.3 Å². The molecular formula is C14H18BrN3. The number of benzene rings is 1. The summed E-state index contributed by atoms with van der Waals surface area (Å²) in [5.74, 6) is 1.70. The highest BCUT2D eigenvalue weighted by Crippen LogP contribution is 2.31. The van der Waals surface area contributed by atoms with Crippen LogP contribution in [-0.2, 0) is 12.5 Å². The molecular weight excluding hydrogens is 290 g/mol. The van der Waals surface area contributed by atoms with E-state index in [0.717, 1.165) is 21.6 Å². The molecule has 1 heterocycles. The zero-order valence-corrected chi connectivity index (χ0v) is 12.7. The largest absolute Gasteiger partial charge is 0.383 e. The first kappa shape index (κ1) is 13.1. The van der Waals surface area contributed by atoms with Crippen LogP contribution in [0.5, 0.6) is 0 Å². The monoisotopic (exact) mass is 307 g/mol. The topological polar surface area (TPSA) is 43.8 Å². The van der Waals surface area contributed by atoms with Crippen LogP contribution in [0, 0.1) is 0 Å². The predicted molar refractivity (Wildman–Crippen MR) is 79.5 cm³/mol. The van der Waals surface area contributed by atoms with Crippen LogP contribution in [0.25, 0.3) is 11.3 Å². The lowest BCUT2D eigenvalue weighted by Crippen LogP contribution is -2.17. The van der Waals surface area contributed by atoms with Crippen LogP contribution in [0.4, 0.5) is 5.82 Å². The van der Waals surface area contributed by atoms with Gasteiger partial charge in [-0.05, 0) is 12.1 Å². The molecule has 0 aliphatic heterocycles. The van der Waals surface area contributed by atoms with E-state index in [-0.39, 0.29) is 5.41 Å². The van der Waals surface area contributed by atoms with Gasteiger partial charge >= 0.3 is 0 Å². The molecule has 0 radical (unpaired) electrons. The van der Waals surface area contributed by atoms with Crippen molar-refractivity contribution in [3.8, 4) is 11.3 Å². The lowest BCUT2D eigenvalue weighted by Gasteiger charge is -2.17. The Balaban J connectivity index is 2.60. The third-order valence-electron chi connectivity index (χ3n) is 2.91. The second-order valence-electron chi connectivity index (χ2n) is 5.49. The number of rotatable bonds is 1. The number of anilines is 1. The highest BCUT2D eigenvalue weighted by atomic mass is 79.9. The van der Waals surface area contributed by atoms with E-state index in [1.165, 1.54) is 0 Å². The molecule has 4 heteroatoms. The zero-order valence-electron chi connectivity index (χ0n) is 11.2. The zero-order chi connectivity index (χ0) is 13.5. The molecule has 0 saturated heterocycles. The molecule has 0 fully saturated rings. The van der Waals surface area contributed by atoms with E-state index < -0.39 is 0 Å². The highest BCUT2D eigenvalue weighted by Gasteiger charge is 2.23. The third-order valence-corrected chi connectivity index (χ3v) is 3.40. The number of imidazole rings is 1. The Hall–Kier alpha value is -1.29. The summed E-state index contributed by atoms with van der Waals surface area (Å²) in [5.41, 5.74) is 8.03. The van der Waals surface area contributed by atoms with E-state index in [9.17, 15) is 0 Å². The van der Waals surface area contributed by atoms with Gasteiger partial charge in [0.25, 0.3) is 0 Å². The van der Waals surface area contributed by atoms with Crippen molar-refractivity contribution >= 4 is 21.7 Å². The van der Waals surface area contributed by atoms with Crippen LogP contribution in [0.15, 0.2) is 28.7 Å². The van der Waals surface area contributed by atoms with Crippen molar-refractivity contribution < 1.29 is 0 Å². The molecule has 0 saturated carbocycles. The second kappa shape index (κ2) is 4.43. The molecule has 96 valence electrons. The summed E-state index contributed by atoms with van der Waals surface area (Å²) in [6.07, 6.45) is 0. The molecule has 18 heavy (non-hydrogen) atoms. The molecule has 2 N–H and O–H groups in total. The van der Waals surface area contributed by atoms with Gasteiger partial charge in [0.2, 0.25) is 0 Å². The number of hydrogen-bond donors (Lipinski definition) is 1. The Bertz CT molecular complexity index is 579. The molecule has 3 nitrogen and oxygen atoms in total. The number of hydrogen-bond acceptors (Lipinski definition) is 2. The maximum atomic E-state index is 6.17. The summed E-state index contributed by atoms with van der Waals surface area (Å²) < 4.78 is 3.00. The molecule has 0 aliphatic carbocycles. The molecule has 2 aromatic rings. The Morgan fingerprint density at radius 3 is 2.44 bits per heavy atom. The summed E-state index contributed by atoms with van der Waals surface area (Å²) >= 11 is 3.47. The van der Waals surface area contributed by atoms with Crippen LogP contribution in [0.1, 0.15) is 26.6 Å². The minimum Gasteiger partial charge on any atom is -0.383 e. The second-order valence-corrected chi connectivity index (χ2v) is 6.40. The first-order valence-corrected chi connectivity index (χ1v) is 6.68. The van der Waals surface area contributed by atoms with E-state index in [4.69, 9.17) is 10.7 Å². The fraction of sp³-hybridized carbons (Fsp3) is 0.357. The quantitative estimate of drug-likeness (QED) is 0.872. The molecule has 2 rings (SSSR count). The van der Waals surface area contributed by atoms with Crippen molar-refractivity contribution in [2.75, 3.05) is 5.73 Å². The van der Waals surface area contributed by atoms with Gasteiger partial charge in [0.15, 0.2) is 0 Å². The van der Waals surface area contributed by atoms with Gasteiger partial charge in [-0.25, -0.2) is 4.98 Å². The maximum Gasteiger partial charge on any atom is 0.131 e. The first-order chi connectivity index (χ1) is 8.30. The van der Waals surface area contributed by atoms with Crippen LogP contribution >= 0.6 is 15.9 Å². The fourth-order valence-corrected chi connectivity index (χ4v) is 2.43. The van der Waals surface area contributed by atoms with E-state index in [1.807, 2.05) is 35.9 Å². The van der Waals surface area contributed by atoms with Crippen LogP contribution < -0.4 is 5.73 Å². The van der Waals surface area contributed by atoms with Crippen molar-refractivity contribution in [2.45, 2.75) is 26.2 Å². The smallest absolute Gasteiger partial charge is 0.131 e. The lowest BCUT2D eigenvalue weighted by molar-refractivity contribution is 0.524. The van der Waals surface area contributed by atoms with Gasteiger partial charge in [-0.1, -0.05) is 48.8 Å². The average molecular weight is 308 g/mol. The molecule has 1 aromatic carbocycles. The van der Waals surface area contributed by atoms with E-state index >= 15 is 0 Å². The molecule has 0 bridgehead atoms. The Morgan fingerprint density at radius 2 is 1.94 bits per heavy atom. The van der Waals surface area contributed by atoms with Gasteiger partial charge in [0.05, 0.1) is 0 Å². The normalized spacial score (nSPS) is 11.8. The molecule has 1 aromatic heterocycles. The van der Waals surface area contributed by atoms with Crippen molar-refractivity contribution in [2.24, 2.45) is 7.05 Å². The lowest BCUT2D eigenvalue weighted by atomic mass is 9.96. The SMILES string of the molecule is Cn1c(C(C)(C)C)nc(-c2cccc(Br)c2)c1N. The van der Waals surface area contributed by atoms with Gasteiger partial charge in [-0.15, -0.1) is 0 Å². The van der Waals surface area contributed by atoms with Crippen LogP contribution in [0.2, 0.25) is 0 Å². The van der Waals surface area contributed by atoms with E-state index in [2.05, 4.69) is 36.7 Å². The van der Waals surface area contributed by atoms with Crippen molar-refractivity contribution in [1.29, 1.82) is 0 Å². The van der Waals surface area contributed by atoms with Crippen LogP contribution in [0.3, 0.4) is 0 Å². The Labute approximate surface area is 116 Å². The van der Waals surface area contributed by atoms with E-state index in [1.54, 1.807) is 0 Å². The first-order valence-electron chi connectivity index (χ1n) is 5.89. The van der Waals surface area contributed by atoms with Crippen molar-refractivity contribution in [1.82, 2.24) is 9.55 Å². The minimum atomic E-state index is -0.0207. The van der Waals surface area contributed by atoms with Gasteiger partial charge in [-0.3, -0.25) is 0 Å². The van der Waals surface area contributed by atoms with Crippen LogP contribution in [-0.4, -0.2) is 9.55 Å². The number of nitrogens with zero attached hydrogens (tertiary/aromatic N) is 2. The summed E-state index contributed by atoms with van der Waals surface area (Å²) in [7, 11) is 1.96. The maximum absolute atomic E-state index is 6.17. The molecule has 0 amide bonds. The molecule has 0 aliphatic rings. The molecule has 0 atom stereocenters. The summed E-state index contributed by atoms with van der Waals surface area (Å²) in [5, 5.41) is 0. The summed E-state index contributed by atoms with van der Waals surface area (Å²) in [6, 6.07) is 8.04. The summed E-state index contributed by atoms with van der Waals surface area (Å²) in [6.45, 7) is 6.42. The Morgan fingerprint density at radius 1 is 1.28 bits per heavy atom. The highest BCUT2D eigenvalue weighted by molar-refractivity contribution is 9.10. The van der Waals surface area contributed by atoms with Gasteiger partial charge < -0.3 is 10.3 Å². The molecule has 0 unspecified atom stereocenters. The number of nitrogens with two attached hydrogens (primary N) is 1. The summed E-state index contributed by atoms with van der Waals surface area (Å²) in [4.78, 5) is 4.71. The van der Waals surface area contributed by atoms with Gasteiger partial charge in [0, 0.05) is 22.5 Å². The average Bonchev–Trinajstić information content (AvgIpc) is 2.55. The van der Waals surface area contributed by atoms with E-state index in [0.29, 0.717) is 5.82 Å². The number of aromatic nitrogens is 2. The molecule has 0 spiro atoms. The Kier molecular flexibility index (Phi) is 3.23. The number of halogens is 1. The third kappa shape index (κ3) is 2.29. The van der Waals surface area contributed by atoms with Crippen molar-refractivity contribution in [3.63, 3.8) is 0 Å².